The lowest BCUT2D eigenvalue weighted by Crippen LogP contribution is -2.34. The second-order valence-corrected chi connectivity index (χ2v) is 4.73. The molecule has 0 amide bonds. The molecule has 3 atom stereocenters. The predicted molar refractivity (Wildman–Crippen MR) is 59.4 cm³/mol. The van der Waals surface area contributed by atoms with Crippen molar-refractivity contribution in [3.63, 3.8) is 0 Å². The standard InChI is InChI=1S/C10H20BrNO/c1-8(5-6-11)12-7-10-4-3-9(2)13-10/h8-10,12H,3-7H2,1-2H3. The van der Waals surface area contributed by atoms with E-state index >= 15 is 0 Å². The van der Waals surface area contributed by atoms with Crippen LogP contribution in [0.4, 0.5) is 0 Å². The van der Waals surface area contributed by atoms with Crippen LogP contribution in [0.3, 0.4) is 0 Å². The van der Waals surface area contributed by atoms with Crippen molar-refractivity contribution < 1.29 is 4.74 Å². The molecule has 1 heterocycles. The molecule has 0 spiro atoms. The second kappa shape index (κ2) is 5.99. The topological polar surface area (TPSA) is 21.3 Å². The highest BCUT2D eigenvalue weighted by atomic mass is 79.9. The van der Waals surface area contributed by atoms with E-state index in [4.69, 9.17) is 4.74 Å². The van der Waals surface area contributed by atoms with Gasteiger partial charge in [0, 0.05) is 17.9 Å². The smallest absolute Gasteiger partial charge is 0.0704 e. The summed E-state index contributed by atoms with van der Waals surface area (Å²) in [6.07, 6.45) is 4.54. The Morgan fingerprint density at radius 3 is 2.85 bits per heavy atom. The van der Waals surface area contributed by atoms with Gasteiger partial charge < -0.3 is 10.1 Å². The number of alkyl halides is 1. The molecule has 0 bridgehead atoms. The molecule has 1 rings (SSSR count). The molecular weight excluding hydrogens is 230 g/mol. The van der Waals surface area contributed by atoms with E-state index in [0.717, 1.165) is 11.9 Å². The summed E-state index contributed by atoms with van der Waals surface area (Å²) in [5.74, 6) is 0. The third kappa shape index (κ3) is 4.43. The molecule has 1 fully saturated rings. The van der Waals surface area contributed by atoms with Gasteiger partial charge in [0.2, 0.25) is 0 Å². The quantitative estimate of drug-likeness (QED) is 0.756. The molecule has 0 aromatic carbocycles. The van der Waals surface area contributed by atoms with Gasteiger partial charge in [0.1, 0.15) is 0 Å². The summed E-state index contributed by atoms with van der Waals surface area (Å²) >= 11 is 3.44. The molecule has 1 aliphatic rings. The summed E-state index contributed by atoms with van der Waals surface area (Å²) in [5, 5.41) is 4.56. The van der Waals surface area contributed by atoms with E-state index in [9.17, 15) is 0 Å². The SMILES string of the molecule is CC(CCBr)NCC1CCC(C)O1. The molecule has 13 heavy (non-hydrogen) atoms. The zero-order valence-electron chi connectivity index (χ0n) is 8.55. The fourth-order valence-electron chi connectivity index (χ4n) is 1.63. The van der Waals surface area contributed by atoms with E-state index in [1.807, 2.05) is 0 Å². The van der Waals surface area contributed by atoms with Gasteiger partial charge >= 0.3 is 0 Å². The van der Waals surface area contributed by atoms with Crippen molar-refractivity contribution in [2.75, 3.05) is 11.9 Å². The summed E-state index contributed by atoms with van der Waals surface area (Å²) in [4.78, 5) is 0. The summed E-state index contributed by atoms with van der Waals surface area (Å²) in [7, 11) is 0. The van der Waals surface area contributed by atoms with Crippen LogP contribution in [0.15, 0.2) is 0 Å². The molecule has 1 saturated heterocycles. The van der Waals surface area contributed by atoms with Crippen molar-refractivity contribution in [1.29, 1.82) is 0 Å². The fourth-order valence-corrected chi connectivity index (χ4v) is 2.32. The number of hydrogen-bond donors (Lipinski definition) is 1. The minimum absolute atomic E-state index is 0.452. The normalized spacial score (nSPS) is 30.7. The van der Waals surface area contributed by atoms with Crippen molar-refractivity contribution in [3.8, 4) is 0 Å². The minimum atomic E-state index is 0.452. The first-order valence-corrected chi connectivity index (χ1v) is 6.29. The Morgan fingerprint density at radius 2 is 2.31 bits per heavy atom. The largest absolute Gasteiger partial charge is 0.374 e. The van der Waals surface area contributed by atoms with Crippen LogP contribution in [0.1, 0.15) is 33.1 Å². The highest BCUT2D eigenvalue weighted by molar-refractivity contribution is 9.09. The Labute approximate surface area is 89.5 Å². The number of halogens is 1. The van der Waals surface area contributed by atoms with Gasteiger partial charge in [-0.3, -0.25) is 0 Å². The van der Waals surface area contributed by atoms with E-state index < -0.39 is 0 Å². The number of nitrogens with one attached hydrogen (secondary N) is 1. The lowest BCUT2D eigenvalue weighted by atomic mass is 10.2. The average Bonchev–Trinajstić information content (AvgIpc) is 2.49. The monoisotopic (exact) mass is 249 g/mol. The summed E-state index contributed by atoms with van der Waals surface area (Å²) in [5.41, 5.74) is 0. The van der Waals surface area contributed by atoms with Crippen molar-refractivity contribution >= 4 is 15.9 Å². The maximum Gasteiger partial charge on any atom is 0.0704 e. The predicted octanol–water partition coefficient (Wildman–Crippen LogP) is 2.32. The van der Waals surface area contributed by atoms with Gasteiger partial charge in [-0.1, -0.05) is 15.9 Å². The van der Waals surface area contributed by atoms with Gasteiger partial charge in [-0.05, 0) is 33.1 Å². The highest BCUT2D eigenvalue weighted by Crippen LogP contribution is 2.18. The van der Waals surface area contributed by atoms with Crippen LogP contribution >= 0.6 is 15.9 Å². The van der Waals surface area contributed by atoms with Crippen LogP contribution in [0.25, 0.3) is 0 Å². The molecule has 0 aliphatic carbocycles. The van der Waals surface area contributed by atoms with E-state index in [0.29, 0.717) is 18.2 Å². The first kappa shape index (κ1) is 11.5. The van der Waals surface area contributed by atoms with E-state index in [1.165, 1.54) is 19.3 Å². The Kier molecular flexibility index (Phi) is 5.29. The Hall–Kier alpha value is 0.400. The fraction of sp³-hybridized carbons (Fsp3) is 1.00. The van der Waals surface area contributed by atoms with Gasteiger partial charge in [0.25, 0.3) is 0 Å². The third-order valence-corrected chi connectivity index (χ3v) is 3.01. The highest BCUT2D eigenvalue weighted by Gasteiger charge is 2.21. The van der Waals surface area contributed by atoms with Crippen LogP contribution in [-0.4, -0.2) is 30.1 Å². The molecule has 0 aromatic rings. The van der Waals surface area contributed by atoms with Gasteiger partial charge in [-0.25, -0.2) is 0 Å². The lowest BCUT2D eigenvalue weighted by molar-refractivity contribution is 0.0546. The van der Waals surface area contributed by atoms with Crippen molar-refractivity contribution in [3.05, 3.63) is 0 Å². The molecule has 3 heteroatoms. The number of ether oxygens (including phenoxy) is 1. The van der Waals surface area contributed by atoms with Gasteiger partial charge in [0.15, 0.2) is 0 Å². The van der Waals surface area contributed by atoms with Crippen LogP contribution in [-0.2, 0) is 4.74 Å². The molecule has 0 aromatic heterocycles. The molecule has 0 radical (unpaired) electrons. The zero-order valence-corrected chi connectivity index (χ0v) is 10.1. The third-order valence-electron chi connectivity index (χ3n) is 2.56. The molecule has 1 N–H and O–H groups in total. The maximum atomic E-state index is 5.72. The van der Waals surface area contributed by atoms with Gasteiger partial charge in [0.05, 0.1) is 12.2 Å². The number of rotatable bonds is 5. The van der Waals surface area contributed by atoms with Crippen LogP contribution in [0.2, 0.25) is 0 Å². The Morgan fingerprint density at radius 1 is 1.54 bits per heavy atom. The minimum Gasteiger partial charge on any atom is -0.374 e. The van der Waals surface area contributed by atoms with Crippen LogP contribution in [0, 0.1) is 0 Å². The number of hydrogen-bond acceptors (Lipinski definition) is 2. The molecule has 78 valence electrons. The van der Waals surface area contributed by atoms with Crippen LogP contribution in [0.5, 0.6) is 0 Å². The lowest BCUT2D eigenvalue weighted by Gasteiger charge is -2.16. The second-order valence-electron chi connectivity index (χ2n) is 3.93. The van der Waals surface area contributed by atoms with Crippen molar-refractivity contribution in [2.45, 2.75) is 51.4 Å². The van der Waals surface area contributed by atoms with Crippen LogP contribution < -0.4 is 5.32 Å². The molecule has 1 aliphatic heterocycles. The first-order chi connectivity index (χ1) is 6.22. The van der Waals surface area contributed by atoms with E-state index in [-0.39, 0.29) is 0 Å². The summed E-state index contributed by atoms with van der Waals surface area (Å²) in [6.45, 7) is 5.39. The van der Waals surface area contributed by atoms with E-state index in [1.54, 1.807) is 0 Å². The Balaban J connectivity index is 2.05. The molecule has 0 saturated carbocycles. The zero-order chi connectivity index (χ0) is 9.68. The molecule has 3 unspecified atom stereocenters. The summed E-state index contributed by atoms with van der Waals surface area (Å²) < 4.78 is 5.72. The summed E-state index contributed by atoms with van der Waals surface area (Å²) in [6, 6.07) is 0.596. The molecular formula is C10H20BrNO. The van der Waals surface area contributed by atoms with Gasteiger partial charge in [-0.15, -0.1) is 0 Å². The van der Waals surface area contributed by atoms with Gasteiger partial charge in [-0.2, -0.15) is 0 Å². The van der Waals surface area contributed by atoms with Crippen molar-refractivity contribution in [1.82, 2.24) is 5.32 Å². The first-order valence-electron chi connectivity index (χ1n) is 5.17. The maximum absolute atomic E-state index is 5.72. The van der Waals surface area contributed by atoms with E-state index in [2.05, 4.69) is 35.1 Å². The average molecular weight is 250 g/mol. The molecule has 2 nitrogen and oxygen atoms in total. The van der Waals surface area contributed by atoms with Crippen molar-refractivity contribution in [2.24, 2.45) is 0 Å². The Bertz CT molecular complexity index is 143.